The molecule has 0 aromatic heterocycles. The Balaban J connectivity index is 1.94. The highest BCUT2D eigenvalue weighted by atomic mass is 19.1. The van der Waals surface area contributed by atoms with Crippen molar-refractivity contribution in [2.75, 3.05) is 12.0 Å². The van der Waals surface area contributed by atoms with Crippen LogP contribution < -0.4 is 9.64 Å². The number of carbonyl (C=O) groups is 1. The number of anilines is 1. The molecule has 3 aromatic rings. The Bertz CT molecular complexity index is 1320. The second-order valence-corrected chi connectivity index (χ2v) is 8.97. The van der Waals surface area contributed by atoms with Gasteiger partial charge in [-0.3, -0.25) is 4.90 Å². The molecule has 3 aromatic carbocycles. The molecule has 2 N–H and O–H groups in total. The van der Waals surface area contributed by atoms with Crippen LogP contribution in [0.3, 0.4) is 0 Å². The number of ether oxygens (including phenoxy) is 1. The van der Waals surface area contributed by atoms with Crippen molar-refractivity contribution in [3.63, 3.8) is 0 Å². The molecule has 1 unspecified atom stereocenters. The zero-order valence-corrected chi connectivity index (χ0v) is 19.8. The second-order valence-electron chi connectivity index (χ2n) is 8.97. The lowest BCUT2D eigenvalue weighted by Crippen LogP contribution is -2.39. The van der Waals surface area contributed by atoms with Gasteiger partial charge in [0, 0.05) is 29.0 Å². The number of carbonyl (C=O) groups excluding carboxylic acids is 1. The first-order valence-electron chi connectivity index (χ1n) is 11.2. The van der Waals surface area contributed by atoms with Gasteiger partial charge in [0.15, 0.2) is 0 Å². The zero-order chi connectivity index (χ0) is 25.3. The summed E-state index contributed by atoms with van der Waals surface area (Å²) in [5.74, 6) is -0.0734. The van der Waals surface area contributed by atoms with Crippen LogP contribution in [0, 0.1) is 5.82 Å². The van der Waals surface area contributed by atoms with Crippen LogP contribution in [0.5, 0.6) is 17.2 Å². The Kier molecular flexibility index (Phi) is 6.35. The van der Waals surface area contributed by atoms with Gasteiger partial charge in [-0.15, -0.1) is 6.58 Å². The molecule has 7 heteroatoms. The van der Waals surface area contributed by atoms with E-state index in [4.69, 9.17) is 4.74 Å². The van der Waals surface area contributed by atoms with Crippen molar-refractivity contribution in [2.24, 2.45) is 4.99 Å². The first-order valence-corrected chi connectivity index (χ1v) is 11.2. The van der Waals surface area contributed by atoms with Crippen molar-refractivity contribution in [1.29, 1.82) is 0 Å². The number of phenols is 2. The van der Waals surface area contributed by atoms with E-state index in [1.165, 1.54) is 42.3 Å². The number of amides is 2. The van der Waals surface area contributed by atoms with Crippen molar-refractivity contribution >= 4 is 17.4 Å². The molecule has 0 saturated carbocycles. The van der Waals surface area contributed by atoms with Crippen LogP contribution in [0.4, 0.5) is 14.9 Å². The average Bonchev–Trinajstić information content (AvgIpc) is 2.84. The van der Waals surface area contributed by atoms with Crippen molar-refractivity contribution in [2.45, 2.75) is 31.7 Å². The number of aliphatic imine (C=N–C) groups is 1. The Labute approximate surface area is 203 Å². The number of halogens is 1. The summed E-state index contributed by atoms with van der Waals surface area (Å²) in [4.78, 5) is 19.0. The molecule has 6 nitrogen and oxygen atoms in total. The summed E-state index contributed by atoms with van der Waals surface area (Å²) in [6, 6.07) is 14.4. The predicted molar refractivity (Wildman–Crippen MR) is 134 cm³/mol. The average molecular weight is 475 g/mol. The van der Waals surface area contributed by atoms with Gasteiger partial charge in [0.1, 0.15) is 23.1 Å². The van der Waals surface area contributed by atoms with E-state index in [9.17, 15) is 19.4 Å². The molecular formula is C28H27FN2O4. The third-order valence-electron chi connectivity index (χ3n) is 6.36. The predicted octanol–water partition coefficient (Wildman–Crippen LogP) is 6.27. The summed E-state index contributed by atoms with van der Waals surface area (Å²) in [6.07, 6.45) is 1.97. The summed E-state index contributed by atoms with van der Waals surface area (Å²) in [5.41, 5.74) is 1.86. The quantitative estimate of drug-likeness (QED) is 0.413. The molecule has 4 rings (SSSR count). The fourth-order valence-electron chi connectivity index (χ4n) is 4.28. The van der Waals surface area contributed by atoms with Crippen molar-refractivity contribution in [3.8, 4) is 17.2 Å². The lowest BCUT2D eigenvalue weighted by atomic mass is 9.81. The van der Waals surface area contributed by atoms with E-state index in [2.05, 4.69) is 11.6 Å². The number of urea groups is 1. The van der Waals surface area contributed by atoms with E-state index in [1.54, 1.807) is 36.4 Å². The van der Waals surface area contributed by atoms with Crippen molar-refractivity contribution in [1.82, 2.24) is 0 Å². The molecule has 0 fully saturated rings. The highest BCUT2D eigenvalue weighted by Crippen LogP contribution is 2.44. The van der Waals surface area contributed by atoms with E-state index in [0.717, 1.165) is 0 Å². The van der Waals surface area contributed by atoms with Crippen LogP contribution in [0.2, 0.25) is 0 Å². The molecule has 2 amide bonds. The maximum atomic E-state index is 14.9. The van der Waals surface area contributed by atoms with Gasteiger partial charge in [-0.1, -0.05) is 32.1 Å². The maximum absolute atomic E-state index is 14.9. The third kappa shape index (κ3) is 4.49. The van der Waals surface area contributed by atoms with Gasteiger partial charge >= 0.3 is 6.03 Å². The van der Waals surface area contributed by atoms with Gasteiger partial charge in [-0.25, -0.2) is 9.18 Å². The van der Waals surface area contributed by atoms with E-state index < -0.39 is 23.3 Å². The number of aromatic hydroxyl groups is 2. The molecule has 1 heterocycles. The number of phenolic OH excluding ortho intramolecular Hbond substituents is 2. The standard InChI is InChI=1S/C28H27FN2O4/c1-5-28(2,3)20-14-19(26(35-4)16-25(20)33)24-15-22(17-10-12-18(32)13-11-17)30-27(34)31(24)23-9-7-6-8-21(23)29/h5-14,16,24,32-33H,1,15H2,2-4H3. The molecular weight excluding hydrogens is 447 g/mol. The number of rotatable bonds is 6. The summed E-state index contributed by atoms with van der Waals surface area (Å²) in [6.45, 7) is 7.71. The van der Waals surface area contributed by atoms with Crippen molar-refractivity contribution in [3.05, 3.63) is 95.8 Å². The largest absolute Gasteiger partial charge is 0.508 e. The monoisotopic (exact) mass is 474 g/mol. The van der Waals surface area contributed by atoms with Gasteiger partial charge < -0.3 is 14.9 Å². The van der Waals surface area contributed by atoms with Crippen LogP contribution in [-0.4, -0.2) is 29.1 Å². The topological polar surface area (TPSA) is 82.4 Å². The molecule has 1 aliphatic heterocycles. The number of nitrogens with zero attached hydrogens (tertiary/aromatic N) is 2. The van der Waals surface area contributed by atoms with Gasteiger partial charge in [0.25, 0.3) is 0 Å². The zero-order valence-electron chi connectivity index (χ0n) is 19.8. The van der Waals surface area contributed by atoms with Gasteiger partial charge in [0.05, 0.1) is 24.6 Å². The number of hydrogen-bond donors (Lipinski definition) is 2. The van der Waals surface area contributed by atoms with Crippen molar-refractivity contribution < 1.29 is 24.1 Å². The first kappa shape index (κ1) is 24.0. The molecule has 1 aliphatic rings. The number of benzene rings is 3. The molecule has 0 aliphatic carbocycles. The summed E-state index contributed by atoms with van der Waals surface area (Å²) < 4.78 is 20.5. The molecule has 0 saturated heterocycles. The Morgan fingerprint density at radius 1 is 1.14 bits per heavy atom. The van der Waals surface area contributed by atoms with Gasteiger partial charge in [-0.05, 0) is 48.0 Å². The minimum atomic E-state index is -0.685. The van der Waals surface area contributed by atoms with Gasteiger partial charge in [-0.2, -0.15) is 4.99 Å². The van der Waals surface area contributed by atoms with E-state index in [-0.39, 0.29) is 23.6 Å². The fourth-order valence-corrected chi connectivity index (χ4v) is 4.28. The maximum Gasteiger partial charge on any atom is 0.348 e. The Morgan fingerprint density at radius 2 is 1.83 bits per heavy atom. The summed E-state index contributed by atoms with van der Waals surface area (Å²) in [5, 5.41) is 20.4. The fraction of sp³-hybridized carbons (Fsp3) is 0.214. The smallest absolute Gasteiger partial charge is 0.348 e. The Hall–Kier alpha value is -4.13. The highest BCUT2D eigenvalue weighted by molar-refractivity contribution is 6.12. The molecule has 0 radical (unpaired) electrons. The molecule has 1 atom stereocenters. The SMILES string of the molecule is C=CC(C)(C)c1cc(C2CC(c3ccc(O)cc3)=NC(=O)N2c2ccccc2F)c(OC)cc1O. The Morgan fingerprint density at radius 3 is 2.46 bits per heavy atom. The highest BCUT2D eigenvalue weighted by Gasteiger charge is 2.37. The molecule has 0 spiro atoms. The molecule has 0 bridgehead atoms. The minimum absolute atomic E-state index is 0.0301. The van der Waals surface area contributed by atoms with E-state index in [1.807, 2.05) is 13.8 Å². The summed E-state index contributed by atoms with van der Waals surface area (Å²) in [7, 11) is 1.48. The van der Waals surface area contributed by atoms with Crippen LogP contribution in [0.25, 0.3) is 0 Å². The number of methoxy groups -OCH3 is 1. The van der Waals surface area contributed by atoms with Crippen LogP contribution in [0.15, 0.2) is 78.3 Å². The normalized spacial score (nSPS) is 16.1. The molecule has 35 heavy (non-hydrogen) atoms. The second kappa shape index (κ2) is 9.25. The third-order valence-corrected chi connectivity index (χ3v) is 6.36. The number of para-hydroxylation sites is 1. The molecule has 180 valence electrons. The van der Waals surface area contributed by atoms with Crippen LogP contribution in [0.1, 0.15) is 43.0 Å². The number of hydrogen-bond acceptors (Lipinski definition) is 4. The lowest BCUT2D eigenvalue weighted by Gasteiger charge is -2.36. The van der Waals surface area contributed by atoms with Gasteiger partial charge in [0.2, 0.25) is 0 Å². The van der Waals surface area contributed by atoms with Crippen LogP contribution in [-0.2, 0) is 5.41 Å². The first-order chi connectivity index (χ1) is 16.7. The summed E-state index contributed by atoms with van der Waals surface area (Å²) >= 11 is 0. The van der Waals surface area contributed by atoms with E-state index in [0.29, 0.717) is 28.2 Å². The lowest BCUT2D eigenvalue weighted by molar-refractivity contribution is 0.250. The number of allylic oxidation sites excluding steroid dienone is 1. The van der Waals surface area contributed by atoms with E-state index >= 15 is 0 Å². The van der Waals surface area contributed by atoms with Crippen LogP contribution >= 0.6 is 0 Å². The minimum Gasteiger partial charge on any atom is -0.508 e.